The number of halogens is 1. The van der Waals surface area contributed by atoms with Gasteiger partial charge in [-0.3, -0.25) is 0 Å². The molecule has 0 radical (unpaired) electrons. The Balaban J connectivity index is 1.66. The van der Waals surface area contributed by atoms with Crippen LogP contribution in [0.25, 0.3) is 0 Å². The molecule has 6 heteroatoms. The van der Waals surface area contributed by atoms with Crippen LogP contribution in [0.15, 0.2) is 54.6 Å². The van der Waals surface area contributed by atoms with Crippen molar-refractivity contribution in [2.75, 3.05) is 17.7 Å². The number of nitrogens with one attached hydrogen (secondary N) is 2. The van der Waals surface area contributed by atoms with Gasteiger partial charge < -0.3 is 15.4 Å². The SMILES string of the molecule is COc1ccccc1CNc1cc(NCc2ccc(F)cc2)nc(C)n1. The number of rotatable bonds is 7. The Morgan fingerprint density at radius 2 is 1.58 bits per heavy atom. The summed E-state index contributed by atoms with van der Waals surface area (Å²) in [6, 6.07) is 16.1. The summed E-state index contributed by atoms with van der Waals surface area (Å²) < 4.78 is 18.3. The Labute approximate surface area is 152 Å². The zero-order valence-electron chi connectivity index (χ0n) is 14.8. The first-order valence-electron chi connectivity index (χ1n) is 8.34. The molecule has 0 bridgehead atoms. The van der Waals surface area contributed by atoms with Crippen LogP contribution >= 0.6 is 0 Å². The van der Waals surface area contributed by atoms with Gasteiger partial charge in [-0.15, -0.1) is 0 Å². The van der Waals surface area contributed by atoms with Gasteiger partial charge in [-0.05, 0) is 30.7 Å². The van der Waals surface area contributed by atoms with Gasteiger partial charge >= 0.3 is 0 Å². The molecule has 2 N–H and O–H groups in total. The fourth-order valence-electron chi connectivity index (χ4n) is 2.58. The molecule has 0 unspecified atom stereocenters. The Bertz CT molecular complexity index is 868. The molecular formula is C20H21FN4O. The first-order chi connectivity index (χ1) is 12.6. The van der Waals surface area contributed by atoms with E-state index in [1.54, 1.807) is 19.2 Å². The molecule has 0 saturated heterocycles. The predicted molar refractivity (Wildman–Crippen MR) is 101 cm³/mol. The zero-order valence-corrected chi connectivity index (χ0v) is 14.8. The number of hydrogen-bond donors (Lipinski definition) is 2. The number of para-hydroxylation sites is 1. The van der Waals surface area contributed by atoms with Gasteiger partial charge in [0.25, 0.3) is 0 Å². The van der Waals surface area contributed by atoms with Crippen molar-refractivity contribution in [3.05, 3.63) is 77.4 Å². The molecule has 0 amide bonds. The number of hydrogen-bond acceptors (Lipinski definition) is 5. The number of nitrogens with zero attached hydrogens (tertiary/aromatic N) is 2. The molecule has 0 aliphatic carbocycles. The molecule has 1 heterocycles. The van der Waals surface area contributed by atoms with Crippen molar-refractivity contribution in [3.8, 4) is 5.75 Å². The summed E-state index contributed by atoms with van der Waals surface area (Å²) in [5, 5.41) is 6.55. The topological polar surface area (TPSA) is 59.1 Å². The highest BCUT2D eigenvalue weighted by Gasteiger charge is 2.05. The van der Waals surface area contributed by atoms with Crippen molar-refractivity contribution in [2.45, 2.75) is 20.0 Å². The van der Waals surface area contributed by atoms with Crippen molar-refractivity contribution >= 4 is 11.6 Å². The number of anilines is 2. The van der Waals surface area contributed by atoms with Gasteiger partial charge in [0.15, 0.2) is 0 Å². The van der Waals surface area contributed by atoms with Gasteiger partial charge in [-0.1, -0.05) is 30.3 Å². The summed E-state index contributed by atoms with van der Waals surface area (Å²) in [6.45, 7) is 3.00. The second-order valence-electron chi connectivity index (χ2n) is 5.83. The van der Waals surface area contributed by atoms with Crippen LogP contribution in [0, 0.1) is 12.7 Å². The third-order valence-corrected chi connectivity index (χ3v) is 3.88. The van der Waals surface area contributed by atoms with Crippen LogP contribution in [-0.2, 0) is 13.1 Å². The number of aromatic nitrogens is 2. The minimum atomic E-state index is -0.241. The first kappa shape index (κ1) is 17.7. The number of ether oxygens (including phenoxy) is 1. The monoisotopic (exact) mass is 352 g/mol. The van der Waals surface area contributed by atoms with Crippen LogP contribution in [-0.4, -0.2) is 17.1 Å². The van der Waals surface area contributed by atoms with Gasteiger partial charge in [0.2, 0.25) is 0 Å². The van der Waals surface area contributed by atoms with Crippen LogP contribution in [0.2, 0.25) is 0 Å². The minimum Gasteiger partial charge on any atom is -0.496 e. The molecule has 1 aromatic heterocycles. The summed E-state index contributed by atoms with van der Waals surface area (Å²) >= 11 is 0. The maximum Gasteiger partial charge on any atom is 0.132 e. The van der Waals surface area contributed by atoms with Crippen LogP contribution < -0.4 is 15.4 Å². The second-order valence-corrected chi connectivity index (χ2v) is 5.83. The fourth-order valence-corrected chi connectivity index (χ4v) is 2.58. The van der Waals surface area contributed by atoms with Crippen LogP contribution in [0.5, 0.6) is 5.75 Å². The molecule has 5 nitrogen and oxygen atoms in total. The highest BCUT2D eigenvalue weighted by Crippen LogP contribution is 2.19. The lowest BCUT2D eigenvalue weighted by Gasteiger charge is -2.12. The third kappa shape index (κ3) is 4.69. The Kier molecular flexibility index (Phi) is 5.63. The molecule has 0 aliphatic rings. The first-order valence-corrected chi connectivity index (χ1v) is 8.34. The number of benzene rings is 2. The lowest BCUT2D eigenvalue weighted by Crippen LogP contribution is -2.07. The standard InChI is InChI=1S/C20H21FN4O/c1-14-24-19(22-12-15-7-9-17(21)10-8-15)11-20(25-14)23-13-16-5-3-4-6-18(16)26-2/h3-11H,12-13H2,1-2H3,(H2,22,23,24,25). The zero-order chi connectivity index (χ0) is 18.4. The van der Waals surface area contributed by atoms with Crippen LogP contribution in [0.3, 0.4) is 0 Å². The summed E-state index contributed by atoms with van der Waals surface area (Å²) in [7, 11) is 1.66. The van der Waals surface area contributed by atoms with E-state index in [9.17, 15) is 4.39 Å². The van der Waals surface area contributed by atoms with Crippen molar-refractivity contribution in [1.29, 1.82) is 0 Å². The normalized spacial score (nSPS) is 10.4. The molecule has 26 heavy (non-hydrogen) atoms. The lowest BCUT2D eigenvalue weighted by atomic mass is 10.2. The van der Waals surface area contributed by atoms with E-state index in [0.717, 1.165) is 22.7 Å². The van der Waals surface area contributed by atoms with E-state index in [2.05, 4.69) is 20.6 Å². The molecule has 134 valence electrons. The van der Waals surface area contributed by atoms with E-state index >= 15 is 0 Å². The average Bonchev–Trinajstić information content (AvgIpc) is 2.66. The van der Waals surface area contributed by atoms with E-state index < -0.39 is 0 Å². The molecule has 0 aliphatic heterocycles. The summed E-state index contributed by atoms with van der Waals surface area (Å²) in [6.07, 6.45) is 0. The van der Waals surface area contributed by atoms with Gasteiger partial charge in [0.1, 0.15) is 29.0 Å². The van der Waals surface area contributed by atoms with Crippen LogP contribution in [0.4, 0.5) is 16.0 Å². The van der Waals surface area contributed by atoms with Crippen molar-refractivity contribution in [2.24, 2.45) is 0 Å². The molecule has 0 atom stereocenters. The van der Waals surface area contributed by atoms with Gasteiger partial charge in [-0.2, -0.15) is 0 Å². The summed E-state index contributed by atoms with van der Waals surface area (Å²) in [4.78, 5) is 8.81. The quantitative estimate of drug-likeness (QED) is 0.669. The maximum atomic E-state index is 13.0. The van der Waals surface area contributed by atoms with Gasteiger partial charge in [0, 0.05) is 24.7 Å². The fraction of sp³-hybridized carbons (Fsp3) is 0.200. The molecule has 0 saturated carbocycles. The molecule has 3 aromatic rings. The average molecular weight is 352 g/mol. The van der Waals surface area contributed by atoms with E-state index in [-0.39, 0.29) is 5.82 Å². The largest absolute Gasteiger partial charge is 0.496 e. The van der Waals surface area contributed by atoms with Gasteiger partial charge in [0.05, 0.1) is 7.11 Å². The van der Waals surface area contributed by atoms with Gasteiger partial charge in [-0.25, -0.2) is 14.4 Å². The highest BCUT2D eigenvalue weighted by atomic mass is 19.1. The third-order valence-electron chi connectivity index (χ3n) is 3.88. The van der Waals surface area contributed by atoms with E-state index in [1.807, 2.05) is 37.3 Å². The molecule has 3 rings (SSSR count). The Hall–Kier alpha value is -3.15. The smallest absolute Gasteiger partial charge is 0.132 e. The minimum absolute atomic E-state index is 0.241. The van der Waals surface area contributed by atoms with Crippen molar-refractivity contribution < 1.29 is 9.13 Å². The van der Waals surface area contributed by atoms with E-state index in [1.165, 1.54) is 12.1 Å². The number of aryl methyl sites for hydroxylation is 1. The molecule has 0 spiro atoms. The van der Waals surface area contributed by atoms with Crippen LogP contribution in [0.1, 0.15) is 17.0 Å². The van der Waals surface area contributed by atoms with Crippen molar-refractivity contribution in [3.63, 3.8) is 0 Å². The van der Waals surface area contributed by atoms with E-state index in [0.29, 0.717) is 24.7 Å². The lowest BCUT2D eigenvalue weighted by molar-refractivity contribution is 0.410. The molecule has 0 fully saturated rings. The van der Waals surface area contributed by atoms with Crippen molar-refractivity contribution in [1.82, 2.24) is 9.97 Å². The Morgan fingerprint density at radius 1 is 0.923 bits per heavy atom. The Morgan fingerprint density at radius 3 is 2.27 bits per heavy atom. The summed E-state index contributed by atoms with van der Waals surface area (Å²) in [5.74, 6) is 2.70. The summed E-state index contributed by atoms with van der Waals surface area (Å²) in [5.41, 5.74) is 2.03. The van der Waals surface area contributed by atoms with E-state index in [4.69, 9.17) is 4.74 Å². The predicted octanol–water partition coefficient (Wildman–Crippen LogP) is 4.16. The maximum absolute atomic E-state index is 13.0. The highest BCUT2D eigenvalue weighted by molar-refractivity contribution is 5.49. The molecule has 2 aromatic carbocycles. The molecular weight excluding hydrogens is 331 g/mol. The second kappa shape index (κ2) is 8.29. The number of methoxy groups -OCH3 is 1.